The Morgan fingerprint density at radius 1 is 1.25 bits per heavy atom. The molecule has 0 aromatic heterocycles. The second-order valence-corrected chi connectivity index (χ2v) is 5.00. The van der Waals surface area contributed by atoms with Crippen LogP contribution in [0.3, 0.4) is 0 Å². The minimum Gasteiger partial charge on any atom is -0.380 e. The fourth-order valence-electron chi connectivity index (χ4n) is 0.659. The summed E-state index contributed by atoms with van der Waals surface area (Å²) in [6.07, 6.45) is 0. The molecule has 3 nitrogen and oxygen atoms in total. The Kier molecular flexibility index (Phi) is 4.20. The first-order valence-electron chi connectivity index (χ1n) is 2.83. The SMILES string of the molecule is O=S(O)Oc1cc(I)cc(I)c1. The van der Waals surface area contributed by atoms with Crippen LogP contribution in [0.15, 0.2) is 18.2 Å². The molecule has 1 rings (SSSR count). The van der Waals surface area contributed by atoms with E-state index in [0.29, 0.717) is 5.75 Å². The maximum absolute atomic E-state index is 10.3. The lowest BCUT2D eigenvalue weighted by atomic mass is 10.3. The van der Waals surface area contributed by atoms with Crippen LogP contribution in [0, 0.1) is 7.14 Å². The Morgan fingerprint density at radius 3 is 2.17 bits per heavy atom. The lowest BCUT2D eigenvalue weighted by molar-refractivity contribution is 0.457. The summed E-state index contributed by atoms with van der Waals surface area (Å²) in [5.74, 6) is 0.409. The minimum absolute atomic E-state index is 0.409. The van der Waals surface area contributed by atoms with Crippen LogP contribution < -0.4 is 4.18 Å². The van der Waals surface area contributed by atoms with Crippen LogP contribution in [-0.2, 0) is 11.4 Å². The average Bonchev–Trinajstić information content (AvgIpc) is 1.81. The Morgan fingerprint density at radius 2 is 1.75 bits per heavy atom. The van der Waals surface area contributed by atoms with Gasteiger partial charge in [0.05, 0.1) is 0 Å². The summed E-state index contributed by atoms with van der Waals surface area (Å²) >= 11 is 1.99. The quantitative estimate of drug-likeness (QED) is 0.602. The van der Waals surface area contributed by atoms with Gasteiger partial charge in [-0.25, -0.2) is 0 Å². The van der Waals surface area contributed by atoms with Crippen LogP contribution in [-0.4, -0.2) is 8.76 Å². The smallest absolute Gasteiger partial charge is 0.357 e. The first kappa shape index (κ1) is 10.7. The average molecular weight is 410 g/mol. The first-order chi connectivity index (χ1) is 5.58. The molecule has 0 aliphatic carbocycles. The van der Waals surface area contributed by atoms with E-state index in [4.69, 9.17) is 4.55 Å². The zero-order valence-corrected chi connectivity index (χ0v) is 10.8. The molecule has 0 saturated heterocycles. The van der Waals surface area contributed by atoms with E-state index >= 15 is 0 Å². The van der Waals surface area contributed by atoms with Gasteiger partial charge in [-0.2, -0.15) is 4.21 Å². The molecule has 0 spiro atoms. The standard InChI is InChI=1S/C6H4I2O3S/c7-4-1-5(8)3-6(2-4)11-12(9)10/h1-3H,(H,9,10). The van der Waals surface area contributed by atoms with Crippen molar-refractivity contribution in [1.29, 1.82) is 0 Å². The van der Waals surface area contributed by atoms with Gasteiger partial charge in [-0.05, 0) is 63.4 Å². The van der Waals surface area contributed by atoms with Gasteiger partial charge < -0.3 is 4.18 Å². The van der Waals surface area contributed by atoms with Crippen molar-refractivity contribution in [2.45, 2.75) is 0 Å². The molecule has 0 heterocycles. The van der Waals surface area contributed by atoms with Crippen LogP contribution in [0.2, 0.25) is 0 Å². The van der Waals surface area contributed by atoms with Gasteiger partial charge in [-0.3, -0.25) is 4.55 Å². The minimum atomic E-state index is -2.24. The van der Waals surface area contributed by atoms with Crippen LogP contribution in [0.25, 0.3) is 0 Å². The van der Waals surface area contributed by atoms with Gasteiger partial charge in [0.15, 0.2) is 0 Å². The topological polar surface area (TPSA) is 46.5 Å². The predicted molar refractivity (Wildman–Crippen MR) is 63.3 cm³/mol. The molecule has 66 valence electrons. The van der Waals surface area contributed by atoms with E-state index in [1.54, 1.807) is 12.1 Å². The Labute approximate surface area is 99.7 Å². The summed E-state index contributed by atoms with van der Waals surface area (Å²) < 4.78 is 25.2. The van der Waals surface area contributed by atoms with Crippen molar-refractivity contribution in [3.05, 3.63) is 25.3 Å². The summed E-state index contributed by atoms with van der Waals surface area (Å²) in [5, 5.41) is 0. The van der Waals surface area contributed by atoms with Crippen molar-refractivity contribution in [2.24, 2.45) is 0 Å². The lowest BCUT2D eigenvalue weighted by Crippen LogP contribution is -1.97. The molecular weight excluding hydrogens is 406 g/mol. The highest BCUT2D eigenvalue weighted by Gasteiger charge is 2.00. The number of rotatable bonds is 2. The Hall–Kier alpha value is 0.590. The largest absolute Gasteiger partial charge is 0.380 e. The van der Waals surface area contributed by atoms with Crippen LogP contribution in [0.5, 0.6) is 5.75 Å². The highest BCUT2D eigenvalue weighted by molar-refractivity contribution is 14.1. The summed E-state index contributed by atoms with van der Waals surface area (Å²) in [6.45, 7) is 0. The van der Waals surface area contributed by atoms with E-state index < -0.39 is 11.4 Å². The zero-order valence-electron chi connectivity index (χ0n) is 5.66. The highest BCUT2D eigenvalue weighted by Crippen LogP contribution is 2.20. The van der Waals surface area contributed by atoms with Crippen LogP contribution in [0.4, 0.5) is 0 Å². The fourth-order valence-corrected chi connectivity index (χ4v) is 2.80. The van der Waals surface area contributed by atoms with Crippen LogP contribution >= 0.6 is 45.2 Å². The van der Waals surface area contributed by atoms with Crippen molar-refractivity contribution in [1.82, 2.24) is 0 Å². The molecule has 12 heavy (non-hydrogen) atoms. The Balaban J connectivity index is 2.93. The molecule has 0 radical (unpaired) electrons. The number of benzene rings is 1. The van der Waals surface area contributed by atoms with Gasteiger partial charge in [0.2, 0.25) is 0 Å². The van der Waals surface area contributed by atoms with E-state index in [-0.39, 0.29) is 0 Å². The third-order valence-electron chi connectivity index (χ3n) is 1.00. The molecular formula is C6H4I2O3S. The molecule has 6 heteroatoms. The van der Waals surface area contributed by atoms with Crippen molar-refractivity contribution in [2.75, 3.05) is 0 Å². The van der Waals surface area contributed by atoms with E-state index in [1.165, 1.54) is 0 Å². The molecule has 1 unspecified atom stereocenters. The summed E-state index contributed by atoms with van der Waals surface area (Å²) in [5.41, 5.74) is 0. The molecule has 0 fully saturated rings. The van der Waals surface area contributed by atoms with E-state index in [9.17, 15) is 4.21 Å². The molecule has 0 aliphatic rings. The van der Waals surface area contributed by atoms with Crippen molar-refractivity contribution in [3.63, 3.8) is 0 Å². The zero-order chi connectivity index (χ0) is 9.14. The third-order valence-corrected chi connectivity index (χ3v) is 2.58. The van der Waals surface area contributed by atoms with Gasteiger partial charge in [0, 0.05) is 7.14 Å². The molecule has 0 bridgehead atoms. The van der Waals surface area contributed by atoms with Gasteiger partial charge in [-0.15, -0.1) is 0 Å². The van der Waals surface area contributed by atoms with E-state index in [2.05, 4.69) is 49.4 Å². The maximum atomic E-state index is 10.3. The molecule has 1 aromatic carbocycles. The third kappa shape index (κ3) is 3.54. The van der Waals surface area contributed by atoms with E-state index in [1.807, 2.05) is 6.07 Å². The molecule has 1 N–H and O–H groups in total. The fraction of sp³-hybridized carbons (Fsp3) is 0. The molecule has 0 amide bonds. The van der Waals surface area contributed by atoms with Crippen molar-refractivity contribution >= 4 is 56.5 Å². The van der Waals surface area contributed by atoms with Crippen molar-refractivity contribution in [3.8, 4) is 5.75 Å². The Bertz CT molecular complexity index is 295. The monoisotopic (exact) mass is 410 g/mol. The lowest BCUT2D eigenvalue weighted by Gasteiger charge is -2.00. The maximum Gasteiger partial charge on any atom is 0.357 e. The normalized spacial score (nSPS) is 12.6. The molecule has 0 saturated carbocycles. The summed E-state index contributed by atoms with van der Waals surface area (Å²) in [6, 6.07) is 5.32. The number of hydrogen-bond donors (Lipinski definition) is 1. The van der Waals surface area contributed by atoms with Gasteiger partial charge in [-0.1, -0.05) is 0 Å². The van der Waals surface area contributed by atoms with Crippen LogP contribution in [0.1, 0.15) is 0 Å². The number of hydrogen-bond acceptors (Lipinski definition) is 2. The van der Waals surface area contributed by atoms with E-state index in [0.717, 1.165) is 7.14 Å². The van der Waals surface area contributed by atoms with Gasteiger partial charge in [0.1, 0.15) is 5.75 Å². The molecule has 1 aromatic rings. The van der Waals surface area contributed by atoms with Crippen molar-refractivity contribution < 1.29 is 12.9 Å². The highest BCUT2D eigenvalue weighted by atomic mass is 127. The number of halogens is 2. The molecule has 1 atom stereocenters. The second kappa shape index (κ2) is 4.72. The summed E-state index contributed by atoms with van der Waals surface area (Å²) in [7, 11) is 0. The molecule has 0 aliphatic heterocycles. The first-order valence-corrected chi connectivity index (χ1v) is 6.02. The predicted octanol–water partition coefficient (Wildman–Crippen LogP) is 2.41. The summed E-state index contributed by atoms with van der Waals surface area (Å²) in [4.78, 5) is 0. The van der Waals surface area contributed by atoms with Gasteiger partial charge in [0.25, 0.3) is 0 Å². The van der Waals surface area contributed by atoms with Gasteiger partial charge >= 0.3 is 11.4 Å². The second-order valence-electron chi connectivity index (χ2n) is 1.91.